The molecule has 0 bridgehead atoms. The molecule has 0 atom stereocenters. The van der Waals surface area contributed by atoms with Crippen LogP contribution >= 0.6 is 14.3 Å². The molecule has 6 aromatic rings. The van der Waals surface area contributed by atoms with Crippen molar-refractivity contribution >= 4 is 57.1 Å². The molecule has 1 heterocycles. The summed E-state index contributed by atoms with van der Waals surface area (Å²) in [5.41, 5.74) is 0.781. The second-order valence-corrected chi connectivity index (χ2v) is 14.3. The van der Waals surface area contributed by atoms with Crippen LogP contribution < -0.4 is 32.1 Å². The van der Waals surface area contributed by atoms with Gasteiger partial charge in [-0.25, -0.2) is 0 Å². The van der Waals surface area contributed by atoms with Crippen LogP contribution in [-0.4, -0.2) is 10.2 Å². The van der Waals surface area contributed by atoms with Crippen LogP contribution in [0.4, 0.5) is 0 Å². The van der Waals surface area contributed by atoms with Crippen LogP contribution in [0.5, 0.6) is 0 Å². The molecule has 6 rings (SSSR count). The maximum absolute atomic E-state index is 15.2. The Kier molecular flexibility index (Phi) is 6.37. The first-order chi connectivity index (χ1) is 18.6. The number of fused-ring (bicyclic) bond motifs is 1. The predicted molar refractivity (Wildman–Crippen MR) is 158 cm³/mol. The summed E-state index contributed by atoms with van der Waals surface area (Å²) in [6, 6.07) is 45.3. The van der Waals surface area contributed by atoms with Gasteiger partial charge in [-0.3, -0.25) is 0 Å². The number of hydrogen-bond donors (Lipinski definition) is 0. The van der Waals surface area contributed by atoms with E-state index in [2.05, 4.69) is 10.2 Å². The molecule has 0 saturated heterocycles. The Morgan fingerprint density at radius 3 is 0.842 bits per heavy atom. The molecule has 6 heteroatoms. The minimum absolute atomic E-state index is 0.391. The zero-order valence-corrected chi connectivity index (χ0v) is 22.3. The van der Waals surface area contributed by atoms with Crippen molar-refractivity contribution < 1.29 is 9.13 Å². The molecule has 0 aliphatic carbocycles. The second kappa shape index (κ2) is 9.99. The topological polar surface area (TPSA) is 59.9 Å². The summed E-state index contributed by atoms with van der Waals surface area (Å²) in [5, 5.41) is 13.4. The van der Waals surface area contributed by atoms with Crippen LogP contribution in [0.15, 0.2) is 146 Å². The van der Waals surface area contributed by atoms with Crippen LogP contribution in [0, 0.1) is 0 Å². The Morgan fingerprint density at radius 2 is 0.579 bits per heavy atom. The zero-order valence-electron chi connectivity index (χ0n) is 20.5. The average molecular weight is 531 g/mol. The van der Waals surface area contributed by atoms with E-state index in [9.17, 15) is 0 Å². The van der Waals surface area contributed by atoms with Crippen molar-refractivity contribution in [2.45, 2.75) is 0 Å². The summed E-state index contributed by atoms with van der Waals surface area (Å²) in [6.45, 7) is 0. The lowest BCUT2D eigenvalue weighted by Crippen LogP contribution is -2.33. The van der Waals surface area contributed by atoms with Crippen LogP contribution in [0.3, 0.4) is 0 Å². The lowest BCUT2D eigenvalue weighted by molar-refractivity contribution is 0.590. The number of aromatic nitrogens is 2. The van der Waals surface area contributed by atoms with E-state index in [1.807, 2.05) is 146 Å². The molecule has 38 heavy (non-hydrogen) atoms. The fourth-order valence-electron chi connectivity index (χ4n) is 4.88. The van der Waals surface area contributed by atoms with Gasteiger partial charge in [0.15, 0.2) is 14.3 Å². The van der Waals surface area contributed by atoms with E-state index >= 15 is 9.13 Å². The highest BCUT2D eigenvalue weighted by atomic mass is 31.2. The maximum Gasteiger partial charge on any atom is 0.191 e. The molecule has 0 unspecified atom stereocenters. The lowest BCUT2D eigenvalue weighted by Gasteiger charge is -2.23. The molecule has 0 radical (unpaired) electrons. The third-order valence-corrected chi connectivity index (χ3v) is 12.7. The largest absolute Gasteiger partial charge is 0.307 e. The minimum Gasteiger partial charge on any atom is -0.307 e. The first-order valence-electron chi connectivity index (χ1n) is 12.3. The van der Waals surface area contributed by atoms with Crippen molar-refractivity contribution in [1.82, 2.24) is 10.2 Å². The molecule has 0 saturated carbocycles. The molecule has 4 nitrogen and oxygen atoms in total. The van der Waals surface area contributed by atoms with Crippen LogP contribution in [0.25, 0.3) is 10.8 Å². The standard InChI is InChI=1S/C32H24N2O2P2/c35-37(25-15-5-1-6-16-25,26-17-7-2-8-18-26)31-29-23-13-14-24-30(29)32(34-33-31)38(36,27-19-9-3-10-20-27)28-21-11-4-12-22-28/h1-24H. The first-order valence-corrected chi connectivity index (χ1v) is 15.7. The predicted octanol–water partition coefficient (Wildman–Crippen LogP) is 4.91. The number of hydrogen-bond acceptors (Lipinski definition) is 4. The van der Waals surface area contributed by atoms with Gasteiger partial charge >= 0.3 is 0 Å². The molecule has 184 valence electrons. The van der Waals surface area contributed by atoms with Gasteiger partial charge in [0.1, 0.15) is 10.9 Å². The van der Waals surface area contributed by atoms with Gasteiger partial charge in [0.2, 0.25) is 0 Å². The van der Waals surface area contributed by atoms with Crippen molar-refractivity contribution in [1.29, 1.82) is 0 Å². The van der Waals surface area contributed by atoms with Gasteiger partial charge in [0.05, 0.1) is 0 Å². The minimum atomic E-state index is -3.40. The van der Waals surface area contributed by atoms with Crippen molar-refractivity contribution in [2.75, 3.05) is 0 Å². The van der Waals surface area contributed by atoms with E-state index in [0.717, 1.165) is 0 Å². The van der Waals surface area contributed by atoms with E-state index < -0.39 is 14.3 Å². The Labute approximate surface area is 221 Å². The molecule has 5 aromatic carbocycles. The normalized spacial score (nSPS) is 11.9. The van der Waals surface area contributed by atoms with Crippen molar-refractivity contribution in [3.8, 4) is 0 Å². The highest BCUT2D eigenvalue weighted by molar-refractivity contribution is 7.86. The first kappa shape index (κ1) is 24.2. The van der Waals surface area contributed by atoms with E-state index in [1.165, 1.54) is 0 Å². The van der Waals surface area contributed by atoms with E-state index in [1.54, 1.807) is 0 Å². The summed E-state index contributed by atoms with van der Waals surface area (Å²) in [7, 11) is -6.80. The van der Waals surface area contributed by atoms with Crippen LogP contribution in [0.2, 0.25) is 0 Å². The van der Waals surface area contributed by atoms with Crippen molar-refractivity contribution in [3.63, 3.8) is 0 Å². The van der Waals surface area contributed by atoms with Crippen molar-refractivity contribution in [2.24, 2.45) is 0 Å². The fourth-order valence-corrected chi connectivity index (χ4v) is 10.2. The van der Waals surface area contributed by atoms with Gasteiger partial charge in [-0.1, -0.05) is 146 Å². The van der Waals surface area contributed by atoms with Gasteiger partial charge in [0.25, 0.3) is 0 Å². The molecule has 0 aliphatic rings. The van der Waals surface area contributed by atoms with E-state index in [0.29, 0.717) is 42.9 Å². The Morgan fingerprint density at radius 1 is 0.342 bits per heavy atom. The van der Waals surface area contributed by atoms with Crippen molar-refractivity contribution in [3.05, 3.63) is 146 Å². The summed E-state index contributed by atoms with van der Waals surface area (Å²) in [6.07, 6.45) is 0. The Balaban J connectivity index is 1.69. The number of rotatable bonds is 6. The quantitative estimate of drug-likeness (QED) is 0.287. The summed E-state index contributed by atoms with van der Waals surface area (Å²) < 4.78 is 30.3. The highest BCUT2D eigenvalue weighted by Crippen LogP contribution is 2.46. The monoisotopic (exact) mass is 530 g/mol. The molecule has 0 spiro atoms. The molecule has 0 N–H and O–H groups in total. The highest BCUT2D eigenvalue weighted by Gasteiger charge is 2.38. The molecule has 1 aromatic heterocycles. The Bertz CT molecular complexity index is 1590. The third-order valence-electron chi connectivity index (χ3n) is 6.72. The molecular weight excluding hydrogens is 506 g/mol. The number of benzene rings is 5. The molecule has 0 aliphatic heterocycles. The van der Waals surface area contributed by atoms with Crippen LogP contribution in [0.1, 0.15) is 0 Å². The van der Waals surface area contributed by atoms with Gasteiger partial charge in [0, 0.05) is 32.0 Å². The lowest BCUT2D eigenvalue weighted by atomic mass is 10.2. The smallest absolute Gasteiger partial charge is 0.191 e. The fraction of sp³-hybridized carbons (Fsp3) is 0. The molecule has 0 fully saturated rings. The summed E-state index contributed by atoms with van der Waals surface area (Å²) in [5.74, 6) is 0. The summed E-state index contributed by atoms with van der Waals surface area (Å²) in [4.78, 5) is 0. The SMILES string of the molecule is O=P(c1ccccc1)(c1ccccc1)c1nnc(P(=O)(c2ccccc2)c2ccccc2)c2ccccc12. The second-order valence-electron chi connectivity index (χ2n) is 8.95. The van der Waals surface area contributed by atoms with E-state index in [4.69, 9.17) is 0 Å². The van der Waals surface area contributed by atoms with Crippen LogP contribution in [-0.2, 0) is 9.13 Å². The average Bonchev–Trinajstić information content (AvgIpc) is 3.01. The molecule has 0 amide bonds. The van der Waals surface area contributed by atoms with Gasteiger partial charge in [-0.05, 0) is 0 Å². The summed E-state index contributed by atoms with van der Waals surface area (Å²) >= 11 is 0. The third kappa shape index (κ3) is 3.94. The maximum atomic E-state index is 15.2. The molecular formula is C32H24N2O2P2. The number of nitrogens with zero attached hydrogens (tertiary/aromatic N) is 2. The Hall–Kier alpha value is -4.10. The van der Waals surface area contributed by atoms with Gasteiger partial charge in [-0.15, -0.1) is 10.2 Å². The zero-order chi connectivity index (χ0) is 26.0. The van der Waals surface area contributed by atoms with Gasteiger partial charge in [-0.2, -0.15) is 0 Å². The van der Waals surface area contributed by atoms with E-state index in [-0.39, 0.29) is 0 Å². The van der Waals surface area contributed by atoms with Gasteiger partial charge < -0.3 is 9.13 Å².